The van der Waals surface area contributed by atoms with E-state index in [1.54, 1.807) is 6.92 Å². The summed E-state index contributed by atoms with van der Waals surface area (Å²) in [6.07, 6.45) is 0. The van der Waals surface area contributed by atoms with Crippen LogP contribution in [0.15, 0.2) is 0 Å². The zero-order chi connectivity index (χ0) is 14.6. The summed E-state index contributed by atoms with van der Waals surface area (Å²) in [4.78, 5) is 24.1. The molecule has 3 N–H and O–H groups in total. The third kappa shape index (κ3) is 4.35. The van der Waals surface area contributed by atoms with Crippen molar-refractivity contribution in [2.45, 2.75) is 6.92 Å². The second-order valence-electron chi connectivity index (χ2n) is 4.58. The van der Waals surface area contributed by atoms with Crippen LogP contribution in [0.1, 0.15) is 6.92 Å². The Morgan fingerprint density at radius 3 is 2.47 bits per heavy atom. The normalized spacial score (nSPS) is 23.4. The Hall–Kier alpha value is -1.35. The lowest BCUT2D eigenvalue weighted by molar-refractivity contribution is -0.142. The lowest BCUT2D eigenvalue weighted by Gasteiger charge is -2.16. The number of aliphatic carboxylic acids is 1. The number of urea groups is 1. The van der Waals surface area contributed by atoms with Crippen LogP contribution in [0.2, 0.25) is 0 Å². The Morgan fingerprint density at radius 1 is 1.37 bits per heavy atom. The second kappa shape index (κ2) is 6.20. The third-order valence-corrected chi connectivity index (χ3v) is 4.54. The average molecular weight is 293 g/mol. The van der Waals surface area contributed by atoms with E-state index in [-0.39, 0.29) is 24.8 Å². The molecule has 0 aliphatic carbocycles. The molecule has 19 heavy (non-hydrogen) atoms. The van der Waals surface area contributed by atoms with Gasteiger partial charge in [-0.3, -0.25) is 4.79 Å². The molecule has 0 spiro atoms. The lowest BCUT2D eigenvalue weighted by atomic mass is 9.99. The number of amides is 2. The molecule has 1 heterocycles. The zero-order valence-corrected chi connectivity index (χ0v) is 11.7. The molecule has 2 amide bonds. The maximum atomic E-state index is 11.7. The number of likely N-dealkylation sites (tertiary alicyclic amines) is 1. The van der Waals surface area contributed by atoms with Crippen LogP contribution in [0, 0.1) is 11.8 Å². The summed E-state index contributed by atoms with van der Waals surface area (Å²) >= 11 is 0. The van der Waals surface area contributed by atoms with E-state index >= 15 is 0 Å². The first-order valence-corrected chi connectivity index (χ1v) is 7.59. The highest BCUT2D eigenvalue weighted by molar-refractivity contribution is 7.89. The van der Waals surface area contributed by atoms with Gasteiger partial charge in [0.15, 0.2) is 0 Å². The van der Waals surface area contributed by atoms with Crippen molar-refractivity contribution >= 4 is 22.0 Å². The number of nitrogens with one attached hydrogen (secondary N) is 2. The molecule has 9 heteroatoms. The molecular formula is C10H19N3O5S. The molecule has 1 fully saturated rings. The highest BCUT2D eigenvalue weighted by Crippen LogP contribution is 2.22. The van der Waals surface area contributed by atoms with Crippen LogP contribution in [0.3, 0.4) is 0 Å². The Labute approximate surface area is 112 Å². The zero-order valence-electron chi connectivity index (χ0n) is 10.9. The molecule has 1 saturated heterocycles. The standard InChI is InChI=1S/C10H19N3O5S/c1-7-5-13(6-8(7)9(14)15)10(16)12-3-4-19(17,18)11-2/h7-8,11H,3-6H2,1-2H3,(H,12,16)(H,14,15). The molecular weight excluding hydrogens is 274 g/mol. The van der Waals surface area contributed by atoms with Crippen molar-refractivity contribution in [3.05, 3.63) is 0 Å². The molecule has 110 valence electrons. The van der Waals surface area contributed by atoms with Gasteiger partial charge in [0.2, 0.25) is 10.0 Å². The first kappa shape index (κ1) is 15.7. The quantitative estimate of drug-likeness (QED) is 0.595. The molecule has 0 aromatic heterocycles. The summed E-state index contributed by atoms with van der Waals surface area (Å²) in [6.45, 7) is 2.28. The molecule has 1 aliphatic heterocycles. The van der Waals surface area contributed by atoms with E-state index in [0.29, 0.717) is 6.54 Å². The number of carbonyl (C=O) groups excluding carboxylic acids is 1. The first-order valence-electron chi connectivity index (χ1n) is 5.93. The third-order valence-electron chi connectivity index (χ3n) is 3.17. The summed E-state index contributed by atoms with van der Waals surface area (Å²) < 4.78 is 24.4. The van der Waals surface area contributed by atoms with Gasteiger partial charge in [-0.15, -0.1) is 0 Å². The minimum absolute atomic E-state index is 0.00930. The Balaban J connectivity index is 2.42. The van der Waals surface area contributed by atoms with Crippen molar-refractivity contribution < 1.29 is 23.1 Å². The van der Waals surface area contributed by atoms with Crippen LogP contribution in [0.25, 0.3) is 0 Å². The number of rotatable bonds is 5. The molecule has 0 aromatic rings. The number of carbonyl (C=O) groups is 2. The maximum absolute atomic E-state index is 11.7. The van der Waals surface area contributed by atoms with Crippen molar-refractivity contribution in [2.24, 2.45) is 11.8 Å². The van der Waals surface area contributed by atoms with E-state index in [4.69, 9.17) is 5.11 Å². The van der Waals surface area contributed by atoms with E-state index in [9.17, 15) is 18.0 Å². The molecule has 8 nitrogen and oxygen atoms in total. The topological polar surface area (TPSA) is 116 Å². The van der Waals surface area contributed by atoms with Gasteiger partial charge in [0.05, 0.1) is 11.7 Å². The highest BCUT2D eigenvalue weighted by atomic mass is 32.2. The molecule has 0 aromatic carbocycles. The Bertz CT molecular complexity index is 450. The molecule has 1 aliphatic rings. The lowest BCUT2D eigenvalue weighted by Crippen LogP contribution is -2.41. The summed E-state index contributed by atoms with van der Waals surface area (Å²) in [6, 6.07) is -0.429. The van der Waals surface area contributed by atoms with E-state index < -0.39 is 27.9 Å². The predicted molar refractivity (Wildman–Crippen MR) is 68.1 cm³/mol. The number of nitrogens with zero attached hydrogens (tertiary/aromatic N) is 1. The second-order valence-corrected chi connectivity index (χ2v) is 6.63. The monoisotopic (exact) mass is 293 g/mol. The predicted octanol–water partition coefficient (Wildman–Crippen LogP) is -1.10. The Morgan fingerprint density at radius 2 is 2.00 bits per heavy atom. The fraction of sp³-hybridized carbons (Fsp3) is 0.800. The summed E-state index contributed by atoms with van der Waals surface area (Å²) in [7, 11) is -2.05. The van der Waals surface area contributed by atoms with Crippen LogP contribution < -0.4 is 10.0 Å². The van der Waals surface area contributed by atoms with E-state index in [2.05, 4.69) is 10.0 Å². The number of hydrogen-bond donors (Lipinski definition) is 3. The smallest absolute Gasteiger partial charge is 0.317 e. The number of carboxylic acids is 1. The van der Waals surface area contributed by atoms with Crippen LogP contribution in [0.5, 0.6) is 0 Å². The molecule has 0 bridgehead atoms. The van der Waals surface area contributed by atoms with Crippen molar-refractivity contribution in [2.75, 3.05) is 32.4 Å². The van der Waals surface area contributed by atoms with Crippen LogP contribution in [-0.4, -0.2) is 62.9 Å². The van der Waals surface area contributed by atoms with Gasteiger partial charge in [-0.25, -0.2) is 17.9 Å². The van der Waals surface area contributed by atoms with Gasteiger partial charge in [-0.1, -0.05) is 6.92 Å². The van der Waals surface area contributed by atoms with Crippen LogP contribution in [0.4, 0.5) is 4.79 Å². The van der Waals surface area contributed by atoms with Gasteiger partial charge >= 0.3 is 12.0 Å². The fourth-order valence-electron chi connectivity index (χ4n) is 1.96. The van der Waals surface area contributed by atoms with Crippen LogP contribution in [-0.2, 0) is 14.8 Å². The van der Waals surface area contributed by atoms with E-state index in [0.717, 1.165) is 0 Å². The van der Waals surface area contributed by atoms with Gasteiger partial charge in [0.25, 0.3) is 0 Å². The van der Waals surface area contributed by atoms with E-state index in [1.165, 1.54) is 11.9 Å². The SMILES string of the molecule is CNS(=O)(=O)CCNC(=O)N1CC(C)C(C(=O)O)C1. The Kier molecular flexibility index (Phi) is 5.12. The van der Waals surface area contributed by atoms with Crippen molar-refractivity contribution in [1.82, 2.24) is 14.9 Å². The van der Waals surface area contributed by atoms with Gasteiger partial charge in [0.1, 0.15) is 0 Å². The summed E-state index contributed by atoms with van der Waals surface area (Å²) in [5, 5.41) is 11.4. The largest absolute Gasteiger partial charge is 0.481 e. The minimum atomic E-state index is -3.35. The van der Waals surface area contributed by atoms with E-state index in [1.807, 2.05) is 0 Å². The molecule has 0 saturated carbocycles. The fourth-order valence-corrected chi connectivity index (χ4v) is 2.54. The number of carboxylic acid groups (broad SMARTS) is 1. The first-order chi connectivity index (χ1) is 8.76. The summed E-state index contributed by atoms with van der Waals surface area (Å²) in [5.41, 5.74) is 0. The minimum Gasteiger partial charge on any atom is -0.481 e. The van der Waals surface area contributed by atoms with Crippen molar-refractivity contribution in [1.29, 1.82) is 0 Å². The molecule has 2 atom stereocenters. The number of hydrogen-bond acceptors (Lipinski definition) is 4. The van der Waals surface area contributed by atoms with Gasteiger partial charge in [0, 0.05) is 19.6 Å². The van der Waals surface area contributed by atoms with Gasteiger partial charge < -0.3 is 15.3 Å². The van der Waals surface area contributed by atoms with Crippen LogP contribution >= 0.6 is 0 Å². The summed E-state index contributed by atoms with van der Waals surface area (Å²) in [5.74, 6) is -1.79. The molecule has 2 unspecified atom stereocenters. The van der Waals surface area contributed by atoms with Gasteiger partial charge in [-0.2, -0.15) is 0 Å². The number of sulfonamides is 1. The average Bonchev–Trinajstić information content (AvgIpc) is 2.71. The highest BCUT2D eigenvalue weighted by Gasteiger charge is 2.36. The molecule has 1 rings (SSSR count). The van der Waals surface area contributed by atoms with Crippen molar-refractivity contribution in [3.63, 3.8) is 0 Å². The van der Waals surface area contributed by atoms with Crippen molar-refractivity contribution in [3.8, 4) is 0 Å². The molecule has 0 radical (unpaired) electrons. The maximum Gasteiger partial charge on any atom is 0.317 e. The van der Waals surface area contributed by atoms with Gasteiger partial charge in [-0.05, 0) is 13.0 Å².